The van der Waals surface area contributed by atoms with E-state index in [9.17, 15) is 14.4 Å². The van der Waals surface area contributed by atoms with Crippen LogP contribution in [0.25, 0.3) is 0 Å². The fourth-order valence-electron chi connectivity index (χ4n) is 1.90. The Hall–Kier alpha value is -2.03. The summed E-state index contributed by atoms with van der Waals surface area (Å²) < 4.78 is 15.8. The maximum atomic E-state index is 12.3. The molecule has 0 aliphatic carbocycles. The number of rotatable bonds is 8. The van der Waals surface area contributed by atoms with Crippen LogP contribution in [-0.4, -0.2) is 84.2 Å². The molecular weight excluding hydrogens is 368 g/mol. The van der Waals surface area contributed by atoms with Gasteiger partial charge in [0.15, 0.2) is 0 Å². The third-order valence-corrected chi connectivity index (χ3v) is 3.32. The van der Waals surface area contributed by atoms with Gasteiger partial charge in [-0.15, -0.1) is 0 Å². The number of hydrogen-bond donors (Lipinski definition) is 1. The van der Waals surface area contributed by atoms with Crippen LogP contribution in [0.2, 0.25) is 0 Å². The minimum Gasteiger partial charge on any atom is -0.457 e. The molecule has 0 aromatic rings. The van der Waals surface area contributed by atoms with E-state index in [0.717, 1.165) is 0 Å². The molecule has 0 fully saturated rings. The molecule has 0 aromatic heterocycles. The largest absolute Gasteiger partial charge is 0.457 e. The zero-order valence-electron chi connectivity index (χ0n) is 18.4. The number of ether oxygens (including phenoxy) is 3. The van der Waals surface area contributed by atoms with Crippen molar-refractivity contribution in [3.05, 3.63) is 0 Å². The lowest BCUT2D eigenvalue weighted by Gasteiger charge is -2.27. The molecule has 0 spiro atoms. The molecule has 1 atom stereocenters. The summed E-state index contributed by atoms with van der Waals surface area (Å²) in [6, 6.07) is 0. The van der Waals surface area contributed by atoms with Crippen molar-refractivity contribution in [3.63, 3.8) is 0 Å². The van der Waals surface area contributed by atoms with Crippen LogP contribution in [0.3, 0.4) is 0 Å². The smallest absolute Gasteiger partial charge is 0.410 e. The third-order valence-electron chi connectivity index (χ3n) is 3.32. The second kappa shape index (κ2) is 11.1. The standard InChI is InChI=1S/C19H36N2O7/c1-18(2,3)27-15(23)14(10-9-13-22)26-16(24)20(7)11-12-21(8)17(25)28-19(4,5)6/h14,22H,9-13H2,1-8H3/t14-/m0/s1. The molecular formula is C19H36N2O7. The van der Waals surface area contributed by atoms with Gasteiger partial charge in [-0.1, -0.05) is 0 Å². The molecule has 28 heavy (non-hydrogen) atoms. The Bertz CT molecular complexity index is 523. The van der Waals surface area contributed by atoms with E-state index in [0.29, 0.717) is 6.42 Å². The fraction of sp³-hybridized carbons (Fsp3) is 0.842. The number of carbonyl (C=O) groups is 3. The van der Waals surface area contributed by atoms with E-state index >= 15 is 0 Å². The first-order valence-electron chi connectivity index (χ1n) is 9.36. The summed E-state index contributed by atoms with van der Waals surface area (Å²) in [6.45, 7) is 10.7. The van der Waals surface area contributed by atoms with Crippen LogP contribution in [-0.2, 0) is 19.0 Å². The van der Waals surface area contributed by atoms with Gasteiger partial charge in [0, 0.05) is 33.8 Å². The number of amides is 2. The lowest BCUT2D eigenvalue weighted by molar-refractivity contribution is -0.166. The minimum absolute atomic E-state index is 0.132. The van der Waals surface area contributed by atoms with Gasteiger partial charge in [0.2, 0.25) is 6.10 Å². The highest BCUT2D eigenvalue weighted by molar-refractivity contribution is 5.79. The second-order valence-electron chi connectivity index (χ2n) is 8.60. The predicted octanol–water partition coefficient (Wildman–Crippen LogP) is 2.40. The summed E-state index contributed by atoms with van der Waals surface area (Å²) in [5, 5.41) is 9.00. The van der Waals surface area contributed by atoms with E-state index < -0.39 is 35.5 Å². The van der Waals surface area contributed by atoms with Crippen molar-refractivity contribution < 1.29 is 33.7 Å². The molecule has 9 nitrogen and oxygen atoms in total. The normalized spacial score (nSPS) is 12.8. The van der Waals surface area contributed by atoms with Crippen molar-refractivity contribution >= 4 is 18.2 Å². The van der Waals surface area contributed by atoms with E-state index in [-0.39, 0.29) is 26.1 Å². The first kappa shape index (κ1) is 26.0. The van der Waals surface area contributed by atoms with Crippen molar-refractivity contribution in [2.75, 3.05) is 33.8 Å². The quantitative estimate of drug-likeness (QED) is 0.489. The van der Waals surface area contributed by atoms with Gasteiger partial charge in [-0.2, -0.15) is 0 Å². The Morgan fingerprint density at radius 1 is 0.857 bits per heavy atom. The van der Waals surface area contributed by atoms with E-state index in [1.54, 1.807) is 48.6 Å². The number of aliphatic hydroxyl groups is 1. The van der Waals surface area contributed by atoms with Crippen molar-refractivity contribution in [1.82, 2.24) is 9.80 Å². The Balaban J connectivity index is 4.71. The topological polar surface area (TPSA) is 106 Å². The number of carbonyl (C=O) groups excluding carboxylic acids is 3. The molecule has 0 unspecified atom stereocenters. The molecule has 0 radical (unpaired) electrons. The second-order valence-corrected chi connectivity index (χ2v) is 8.60. The zero-order valence-corrected chi connectivity index (χ0v) is 18.4. The third kappa shape index (κ3) is 11.6. The molecule has 2 amide bonds. The van der Waals surface area contributed by atoms with E-state index in [4.69, 9.17) is 19.3 Å². The van der Waals surface area contributed by atoms with Gasteiger partial charge in [-0.25, -0.2) is 14.4 Å². The van der Waals surface area contributed by atoms with Crippen molar-refractivity contribution in [3.8, 4) is 0 Å². The summed E-state index contributed by atoms with van der Waals surface area (Å²) in [5.41, 5.74) is -1.33. The molecule has 0 heterocycles. The van der Waals surface area contributed by atoms with Gasteiger partial charge in [-0.05, 0) is 54.4 Å². The Kier molecular flexibility index (Phi) is 10.3. The van der Waals surface area contributed by atoms with E-state index in [1.165, 1.54) is 16.8 Å². The molecule has 0 bridgehead atoms. The van der Waals surface area contributed by atoms with Crippen LogP contribution in [0.15, 0.2) is 0 Å². The summed E-state index contributed by atoms with van der Waals surface area (Å²) in [7, 11) is 3.07. The number of aliphatic hydroxyl groups excluding tert-OH is 1. The predicted molar refractivity (Wildman–Crippen MR) is 104 cm³/mol. The Morgan fingerprint density at radius 2 is 1.32 bits per heavy atom. The molecule has 0 aliphatic rings. The molecule has 9 heteroatoms. The lowest BCUT2D eigenvalue weighted by Crippen LogP contribution is -2.42. The van der Waals surface area contributed by atoms with Gasteiger partial charge in [-0.3, -0.25) is 0 Å². The molecule has 0 rings (SSSR count). The Morgan fingerprint density at radius 3 is 1.75 bits per heavy atom. The van der Waals surface area contributed by atoms with Gasteiger partial charge in [0.25, 0.3) is 0 Å². The molecule has 0 saturated carbocycles. The summed E-state index contributed by atoms with van der Waals surface area (Å²) in [4.78, 5) is 39.1. The summed E-state index contributed by atoms with van der Waals surface area (Å²) in [6.07, 6.45) is -1.87. The molecule has 164 valence electrons. The van der Waals surface area contributed by atoms with E-state index in [1.807, 2.05) is 0 Å². The van der Waals surface area contributed by atoms with Gasteiger partial charge in [0.05, 0.1) is 0 Å². The van der Waals surface area contributed by atoms with Gasteiger partial charge in [0.1, 0.15) is 11.2 Å². The number of likely N-dealkylation sites (N-methyl/N-ethyl adjacent to an activating group) is 2. The maximum absolute atomic E-state index is 12.3. The Labute approximate surface area is 167 Å². The first-order valence-corrected chi connectivity index (χ1v) is 9.36. The van der Waals surface area contributed by atoms with Crippen LogP contribution in [0, 0.1) is 0 Å². The summed E-state index contributed by atoms with van der Waals surface area (Å²) >= 11 is 0. The highest BCUT2D eigenvalue weighted by Crippen LogP contribution is 2.14. The van der Waals surface area contributed by atoms with Crippen molar-refractivity contribution in [2.24, 2.45) is 0 Å². The number of nitrogens with zero attached hydrogens (tertiary/aromatic N) is 2. The van der Waals surface area contributed by atoms with Crippen LogP contribution in [0.4, 0.5) is 9.59 Å². The van der Waals surface area contributed by atoms with Crippen LogP contribution in [0.1, 0.15) is 54.4 Å². The zero-order chi connectivity index (χ0) is 22.1. The van der Waals surface area contributed by atoms with Crippen molar-refractivity contribution in [2.45, 2.75) is 71.7 Å². The van der Waals surface area contributed by atoms with Gasteiger partial charge >= 0.3 is 18.2 Å². The maximum Gasteiger partial charge on any atom is 0.410 e. The average molecular weight is 405 g/mol. The molecule has 1 N–H and O–H groups in total. The van der Waals surface area contributed by atoms with Crippen LogP contribution < -0.4 is 0 Å². The van der Waals surface area contributed by atoms with Crippen molar-refractivity contribution in [1.29, 1.82) is 0 Å². The summed E-state index contributed by atoms with van der Waals surface area (Å²) in [5.74, 6) is -0.659. The lowest BCUT2D eigenvalue weighted by atomic mass is 10.1. The highest BCUT2D eigenvalue weighted by Gasteiger charge is 2.29. The van der Waals surface area contributed by atoms with Gasteiger partial charge < -0.3 is 29.1 Å². The molecule has 0 aromatic carbocycles. The van der Waals surface area contributed by atoms with Crippen LogP contribution in [0.5, 0.6) is 0 Å². The molecule has 0 aliphatic heterocycles. The monoisotopic (exact) mass is 404 g/mol. The number of hydrogen-bond acceptors (Lipinski definition) is 7. The van der Waals surface area contributed by atoms with E-state index in [2.05, 4.69) is 0 Å². The first-order chi connectivity index (χ1) is 12.7. The van der Waals surface area contributed by atoms with Crippen LogP contribution >= 0.6 is 0 Å². The highest BCUT2D eigenvalue weighted by atomic mass is 16.6. The fourth-order valence-corrected chi connectivity index (χ4v) is 1.90. The number of esters is 1. The molecule has 0 saturated heterocycles. The minimum atomic E-state index is -1.11. The average Bonchev–Trinajstić information content (AvgIpc) is 2.52. The SMILES string of the molecule is CN(CCN(C)C(=O)OC(C)(C)C)C(=O)O[C@@H](CCCO)C(=O)OC(C)(C)C.